The highest BCUT2D eigenvalue weighted by Crippen LogP contribution is 2.18. The van der Waals surface area contributed by atoms with Crippen LogP contribution in [0.3, 0.4) is 0 Å². The number of benzene rings is 2. The molecule has 0 unspecified atom stereocenters. The molecule has 0 saturated carbocycles. The largest absolute Gasteiger partial charge is 0.378 e. The minimum Gasteiger partial charge on any atom is -0.378 e. The normalized spacial score (nSPS) is 13.0. The maximum absolute atomic E-state index is 12.0. The number of rotatable bonds is 4. The minimum absolute atomic E-state index is 0.475. The van der Waals surface area contributed by atoms with Gasteiger partial charge in [0.1, 0.15) is 6.04 Å². The molecule has 0 heterocycles. The molecule has 21 heavy (non-hydrogen) atoms. The van der Waals surface area contributed by atoms with E-state index in [9.17, 15) is 15.2 Å². The molecule has 0 aliphatic carbocycles. The minimum atomic E-state index is -1.31. The van der Waals surface area contributed by atoms with Crippen LogP contribution in [0.1, 0.15) is 23.3 Å². The fourth-order valence-electron chi connectivity index (χ4n) is 1.85. The highest BCUT2D eigenvalue weighted by Gasteiger charge is 2.21. The molecule has 1 amide bonds. The van der Waals surface area contributed by atoms with Crippen LogP contribution in [0.15, 0.2) is 54.6 Å². The summed E-state index contributed by atoms with van der Waals surface area (Å²) in [6, 6.07) is 16.3. The first kappa shape index (κ1) is 15.0. The summed E-state index contributed by atoms with van der Waals surface area (Å²) in [5.74, 6) is -0.622. The fraction of sp³-hybridized carbons (Fsp3) is 0.125. The van der Waals surface area contributed by atoms with Crippen molar-refractivity contribution < 1.29 is 9.90 Å². The molecule has 2 rings (SSSR count). The molecule has 0 radical (unpaired) electrons. The molecule has 2 aromatic rings. The molecule has 2 aromatic carbocycles. The van der Waals surface area contributed by atoms with Gasteiger partial charge in [0.25, 0.3) is 5.91 Å². The van der Waals surface area contributed by atoms with E-state index >= 15 is 0 Å². The van der Waals surface area contributed by atoms with Crippen molar-refractivity contribution in [3.8, 4) is 6.07 Å². The third-order valence-electron chi connectivity index (χ3n) is 2.98. The topological polar surface area (TPSA) is 73.1 Å². The van der Waals surface area contributed by atoms with E-state index in [0.29, 0.717) is 16.1 Å². The summed E-state index contributed by atoms with van der Waals surface area (Å²) in [6.07, 6.45) is -1.31. The van der Waals surface area contributed by atoms with E-state index in [0.717, 1.165) is 0 Å². The predicted octanol–water partition coefficient (Wildman–Crippen LogP) is 2.75. The van der Waals surface area contributed by atoms with E-state index in [-0.39, 0.29) is 0 Å². The molecule has 4 nitrogen and oxygen atoms in total. The molecule has 0 aliphatic heterocycles. The standard InChI is InChI=1S/C16H13ClN2O2/c17-13-8-6-11(7-9-13)14(10-18)19-16(21)15(20)12-4-2-1-3-5-12/h1-9,14-15,20H,(H,19,21)/t14-,15+/m0/s1. The summed E-state index contributed by atoms with van der Waals surface area (Å²) >= 11 is 5.79. The number of amides is 1. The smallest absolute Gasteiger partial charge is 0.254 e. The highest BCUT2D eigenvalue weighted by molar-refractivity contribution is 6.30. The first-order valence-electron chi connectivity index (χ1n) is 6.30. The van der Waals surface area contributed by atoms with Gasteiger partial charge in [0.2, 0.25) is 0 Å². The van der Waals surface area contributed by atoms with Crippen molar-refractivity contribution in [1.82, 2.24) is 5.32 Å². The Labute approximate surface area is 127 Å². The van der Waals surface area contributed by atoms with Crippen molar-refractivity contribution in [3.63, 3.8) is 0 Å². The Kier molecular flexibility index (Phi) is 4.94. The van der Waals surface area contributed by atoms with Crippen molar-refractivity contribution in [2.75, 3.05) is 0 Å². The van der Waals surface area contributed by atoms with Crippen LogP contribution < -0.4 is 5.32 Å². The lowest BCUT2D eigenvalue weighted by Crippen LogP contribution is -2.32. The summed E-state index contributed by atoms with van der Waals surface area (Å²) in [5.41, 5.74) is 1.08. The molecular weight excluding hydrogens is 288 g/mol. The van der Waals surface area contributed by atoms with Crippen molar-refractivity contribution in [2.45, 2.75) is 12.1 Å². The van der Waals surface area contributed by atoms with Gasteiger partial charge < -0.3 is 10.4 Å². The zero-order valence-electron chi connectivity index (χ0n) is 11.0. The van der Waals surface area contributed by atoms with Gasteiger partial charge in [-0.05, 0) is 23.3 Å². The number of halogens is 1. The maximum atomic E-state index is 12.0. The third-order valence-corrected chi connectivity index (χ3v) is 3.23. The van der Waals surface area contributed by atoms with Gasteiger partial charge in [-0.15, -0.1) is 0 Å². The van der Waals surface area contributed by atoms with Gasteiger partial charge >= 0.3 is 0 Å². The lowest BCUT2D eigenvalue weighted by atomic mass is 10.1. The quantitative estimate of drug-likeness (QED) is 0.912. The number of carbonyl (C=O) groups excluding carboxylic acids is 1. The van der Waals surface area contributed by atoms with Gasteiger partial charge in [-0.3, -0.25) is 4.79 Å². The van der Waals surface area contributed by atoms with Gasteiger partial charge in [0, 0.05) is 5.02 Å². The van der Waals surface area contributed by atoms with Gasteiger partial charge in [0.05, 0.1) is 6.07 Å². The molecule has 0 aliphatic rings. The zero-order chi connectivity index (χ0) is 15.2. The van der Waals surface area contributed by atoms with Gasteiger partial charge in [-0.25, -0.2) is 0 Å². The Balaban J connectivity index is 2.10. The lowest BCUT2D eigenvalue weighted by Gasteiger charge is -2.15. The van der Waals surface area contributed by atoms with Crippen LogP contribution in [-0.4, -0.2) is 11.0 Å². The summed E-state index contributed by atoms with van der Waals surface area (Å²) in [4.78, 5) is 12.0. The Hall–Kier alpha value is -2.35. The van der Waals surface area contributed by atoms with E-state index in [2.05, 4.69) is 5.32 Å². The Morgan fingerprint density at radius 1 is 1.10 bits per heavy atom. The Bertz CT molecular complexity index is 650. The molecule has 2 N–H and O–H groups in total. The third kappa shape index (κ3) is 3.82. The van der Waals surface area contributed by atoms with E-state index in [1.54, 1.807) is 54.6 Å². The van der Waals surface area contributed by atoms with Crippen LogP contribution in [-0.2, 0) is 4.79 Å². The molecule has 106 valence electrons. The SMILES string of the molecule is N#C[C@H](NC(=O)[C@H](O)c1ccccc1)c1ccc(Cl)cc1. The van der Waals surface area contributed by atoms with Crippen LogP contribution >= 0.6 is 11.6 Å². The Morgan fingerprint density at radius 2 is 1.71 bits per heavy atom. The van der Waals surface area contributed by atoms with E-state index in [1.807, 2.05) is 6.07 Å². The number of aliphatic hydroxyl groups is 1. The van der Waals surface area contributed by atoms with Gasteiger partial charge in [0.15, 0.2) is 6.10 Å². The van der Waals surface area contributed by atoms with Crippen molar-refractivity contribution in [2.24, 2.45) is 0 Å². The summed E-state index contributed by atoms with van der Waals surface area (Å²) in [5, 5.41) is 22.2. The zero-order valence-corrected chi connectivity index (χ0v) is 11.8. The molecule has 0 saturated heterocycles. The first-order chi connectivity index (χ1) is 10.1. The van der Waals surface area contributed by atoms with Crippen LogP contribution in [0.4, 0.5) is 0 Å². The average molecular weight is 301 g/mol. The van der Waals surface area contributed by atoms with Crippen LogP contribution in [0.25, 0.3) is 0 Å². The summed E-state index contributed by atoms with van der Waals surface area (Å²) in [6.45, 7) is 0. The average Bonchev–Trinajstić information content (AvgIpc) is 2.53. The van der Waals surface area contributed by atoms with Crippen molar-refractivity contribution in [1.29, 1.82) is 5.26 Å². The second-order valence-electron chi connectivity index (χ2n) is 4.44. The van der Waals surface area contributed by atoms with Crippen LogP contribution in [0.5, 0.6) is 0 Å². The number of hydrogen-bond acceptors (Lipinski definition) is 3. The van der Waals surface area contributed by atoms with Crippen LogP contribution in [0, 0.1) is 11.3 Å². The van der Waals surface area contributed by atoms with Gasteiger partial charge in [-0.2, -0.15) is 5.26 Å². The predicted molar refractivity (Wildman–Crippen MR) is 79.4 cm³/mol. The van der Waals surface area contributed by atoms with E-state index < -0.39 is 18.1 Å². The second kappa shape index (κ2) is 6.89. The second-order valence-corrected chi connectivity index (χ2v) is 4.87. The number of nitriles is 1. The number of nitrogens with one attached hydrogen (secondary N) is 1. The number of hydrogen-bond donors (Lipinski definition) is 2. The number of nitrogens with zero attached hydrogens (tertiary/aromatic N) is 1. The van der Waals surface area contributed by atoms with Crippen LogP contribution in [0.2, 0.25) is 5.02 Å². The first-order valence-corrected chi connectivity index (χ1v) is 6.68. The van der Waals surface area contributed by atoms with E-state index in [1.165, 1.54) is 0 Å². The fourth-order valence-corrected chi connectivity index (χ4v) is 1.98. The van der Waals surface area contributed by atoms with Crippen molar-refractivity contribution in [3.05, 3.63) is 70.7 Å². The molecule has 5 heteroatoms. The molecule has 0 bridgehead atoms. The van der Waals surface area contributed by atoms with Gasteiger partial charge in [-0.1, -0.05) is 54.1 Å². The summed E-state index contributed by atoms with van der Waals surface area (Å²) in [7, 11) is 0. The van der Waals surface area contributed by atoms with Crippen molar-refractivity contribution >= 4 is 17.5 Å². The highest BCUT2D eigenvalue weighted by atomic mass is 35.5. The summed E-state index contributed by atoms with van der Waals surface area (Å²) < 4.78 is 0. The molecule has 0 fully saturated rings. The maximum Gasteiger partial charge on any atom is 0.254 e. The lowest BCUT2D eigenvalue weighted by molar-refractivity contribution is -0.130. The molecule has 2 atom stereocenters. The Morgan fingerprint density at radius 3 is 2.29 bits per heavy atom. The number of carbonyl (C=O) groups is 1. The molecule has 0 aromatic heterocycles. The molecule has 0 spiro atoms. The van der Waals surface area contributed by atoms with E-state index in [4.69, 9.17) is 11.6 Å². The molecular formula is C16H13ClN2O2. The number of aliphatic hydroxyl groups excluding tert-OH is 1. The monoisotopic (exact) mass is 300 g/mol.